The first-order valence-corrected chi connectivity index (χ1v) is 11.8. The van der Waals surface area contributed by atoms with Gasteiger partial charge in [0.15, 0.2) is 0 Å². The molecule has 6 nitrogen and oxygen atoms in total. The molecule has 1 saturated heterocycles. The fourth-order valence-electron chi connectivity index (χ4n) is 3.50. The van der Waals surface area contributed by atoms with Gasteiger partial charge in [0.25, 0.3) is 5.91 Å². The third-order valence-corrected chi connectivity index (χ3v) is 6.24. The fourth-order valence-corrected chi connectivity index (χ4v) is 4.28. The highest BCUT2D eigenvalue weighted by atomic mass is 32.2. The molecular formula is C24H27FN2O4S. The lowest BCUT2D eigenvalue weighted by Crippen LogP contribution is -2.40. The summed E-state index contributed by atoms with van der Waals surface area (Å²) in [6.07, 6.45) is 1.25. The van der Waals surface area contributed by atoms with Gasteiger partial charge in [0.2, 0.25) is 5.91 Å². The second kappa shape index (κ2) is 11.7. The number of anilines is 1. The Labute approximate surface area is 191 Å². The summed E-state index contributed by atoms with van der Waals surface area (Å²) in [4.78, 5) is 38.4. The molecule has 0 aliphatic carbocycles. The van der Waals surface area contributed by atoms with Gasteiger partial charge in [-0.2, -0.15) is 0 Å². The van der Waals surface area contributed by atoms with Crippen LogP contribution in [0.1, 0.15) is 35.7 Å². The lowest BCUT2D eigenvalue weighted by Gasteiger charge is -2.31. The minimum absolute atomic E-state index is 0.0369. The molecule has 0 radical (unpaired) electrons. The molecule has 8 heteroatoms. The second-order valence-electron chi connectivity index (χ2n) is 7.56. The van der Waals surface area contributed by atoms with Gasteiger partial charge in [-0.05, 0) is 61.7 Å². The molecule has 170 valence electrons. The lowest BCUT2D eigenvalue weighted by molar-refractivity contribution is -0.149. The molecule has 0 aromatic heterocycles. The SMILES string of the molecule is CCOC(=O)C1CCN(C(=O)c2ccc(CSCC(=O)Nc3ccc(F)cc3)cc2)CC1. The maximum atomic E-state index is 12.9. The molecule has 0 unspecified atom stereocenters. The van der Waals surface area contributed by atoms with E-state index in [1.54, 1.807) is 24.0 Å². The molecule has 1 aliphatic heterocycles. The number of rotatable bonds is 8. The van der Waals surface area contributed by atoms with Gasteiger partial charge in [-0.25, -0.2) is 4.39 Å². The number of nitrogens with zero attached hydrogens (tertiary/aromatic N) is 1. The van der Waals surface area contributed by atoms with Crippen LogP contribution < -0.4 is 5.32 Å². The molecule has 1 fully saturated rings. The Bertz CT molecular complexity index is 926. The predicted molar refractivity (Wildman–Crippen MR) is 123 cm³/mol. The number of piperidine rings is 1. The van der Waals surface area contributed by atoms with E-state index in [4.69, 9.17) is 4.74 Å². The average molecular weight is 459 g/mol. The van der Waals surface area contributed by atoms with E-state index in [-0.39, 0.29) is 35.3 Å². The van der Waals surface area contributed by atoms with Crippen LogP contribution in [0.15, 0.2) is 48.5 Å². The van der Waals surface area contributed by atoms with Crippen molar-refractivity contribution in [3.63, 3.8) is 0 Å². The summed E-state index contributed by atoms with van der Waals surface area (Å²) < 4.78 is 18.0. The Morgan fingerprint density at radius 3 is 2.34 bits per heavy atom. The van der Waals surface area contributed by atoms with Crippen LogP contribution >= 0.6 is 11.8 Å². The largest absolute Gasteiger partial charge is 0.466 e. The normalized spacial score (nSPS) is 14.1. The van der Waals surface area contributed by atoms with E-state index >= 15 is 0 Å². The van der Waals surface area contributed by atoms with Crippen molar-refractivity contribution in [1.29, 1.82) is 0 Å². The number of thioether (sulfide) groups is 1. The number of likely N-dealkylation sites (tertiary alicyclic amines) is 1. The molecule has 3 rings (SSSR count). The molecule has 0 saturated carbocycles. The molecule has 1 heterocycles. The van der Waals surface area contributed by atoms with Crippen molar-refractivity contribution < 1.29 is 23.5 Å². The van der Waals surface area contributed by atoms with E-state index < -0.39 is 0 Å². The summed E-state index contributed by atoms with van der Waals surface area (Å²) >= 11 is 1.46. The summed E-state index contributed by atoms with van der Waals surface area (Å²) in [7, 11) is 0. The number of amides is 2. The third kappa shape index (κ3) is 6.82. The first-order chi connectivity index (χ1) is 15.5. The molecular weight excluding hydrogens is 431 g/mol. The maximum absolute atomic E-state index is 12.9. The van der Waals surface area contributed by atoms with Crippen LogP contribution in [-0.4, -0.2) is 48.1 Å². The summed E-state index contributed by atoms with van der Waals surface area (Å²) in [6, 6.07) is 13.0. The second-order valence-corrected chi connectivity index (χ2v) is 8.55. The van der Waals surface area contributed by atoms with E-state index in [0.717, 1.165) is 5.56 Å². The monoisotopic (exact) mass is 458 g/mol. The minimum Gasteiger partial charge on any atom is -0.466 e. The van der Waals surface area contributed by atoms with Crippen molar-refractivity contribution in [1.82, 2.24) is 4.90 Å². The molecule has 0 spiro atoms. The Morgan fingerprint density at radius 1 is 1.06 bits per heavy atom. The fraction of sp³-hybridized carbons (Fsp3) is 0.375. The van der Waals surface area contributed by atoms with Crippen molar-refractivity contribution in [2.45, 2.75) is 25.5 Å². The topological polar surface area (TPSA) is 75.7 Å². The summed E-state index contributed by atoms with van der Waals surface area (Å²) in [5, 5.41) is 2.73. The highest BCUT2D eigenvalue weighted by Crippen LogP contribution is 2.21. The maximum Gasteiger partial charge on any atom is 0.309 e. The van der Waals surface area contributed by atoms with E-state index in [2.05, 4.69) is 5.32 Å². The van der Waals surface area contributed by atoms with Crippen molar-refractivity contribution in [2.75, 3.05) is 30.8 Å². The van der Waals surface area contributed by atoms with Gasteiger partial charge in [0.05, 0.1) is 18.3 Å². The number of hydrogen-bond acceptors (Lipinski definition) is 5. The number of nitrogens with one attached hydrogen (secondary N) is 1. The zero-order chi connectivity index (χ0) is 22.9. The molecule has 1 N–H and O–H groups in total. The molecule has 2 aromatic rings. The third-order valence-electron chi connectivity index (χ3n) is 5.23. The van der Waals surface area contributed by atoms with Gasteiger partial charge in [0.1, 0.15) is 5.82 Å². The number of carbonyl (C=O) groups excluding carboxylic acids is 3. The highest BCUT2D eigenvalue weighted by Gasteiger charge is 2.28. The van der Waals surface area contributed by atoms with Crippen LogP contribution in [0.5, 0.6) is 0 Å². The van der Waals surface area contributed by atoms with Crippen LogP contribution in [0.4, 0.5) is 10.1 Å². The number of benzene rings is 2. The van der Waals surface area contributed by atoms with Crippen molar-refractivity contribution in [2.24, 2.45) is 5.92 Å². The quantitative estimate of drug-likeness (QED) is 0.603. The Balaban J connectivity index is 1.41. The Kier molecular flexibility index (Phi) is 8.67. The number of esters is 1. The molecule has 32 heavy (non-hydrogen) atoms. The van der Waals surface area contributed by atoms with Crippen LogP contribution in [0.3, 0.4) is 0 Å². The van der Waals surface area contributed by atoms with Crippen LogP contribution in [0, 0.1) is 11.7 Å². The molecule has 2 amide bonds. The van der Waals surface area contributed by atoms with Gasteiger partial charge >= 0.3 is 5.97 Å². The van der Waals surface area contributed by atoms with E-state index in [0.29, 0.717) is 49.5 Å². The minimum atomic E-state index is -0.347. The van der Waals surface area contributed by atoms with Crippen molar-refractivity contribution in [3.05, 3.63) is 65.5 Å². The summed E-state index contributed by atoms with van der Waals surface area (Å²) in [5.41, 5.74) is 2.19. The van der Waals surface area contributed by atoms with Crippen LogP contribution in [-0.2, 0) is 20.1 Å². The number of carbonyl (C=O) groups is 3. The lowest BCUT2D eigenvalue weighted by atomic mass is 9.96. The first-order valence-electron chi connectivity index (χ1n) is 10.6. The van der Waals surface area contributed by atoms with Gasteiger partial charge < -0.3 is 15.0 Å². The van der Waals surface area contributed by atoms with Crippen LogP contribution in [0.2, 0.25) is 0 Å². The number of halogens is 1. The molecule has 0 bridgehead atoms. The van der Waals surface area contributed by atoms with Crippen molar-refractivity contribution >= 4 is 35.2 Å². The first kappa shape index (κ1) is 23.8. The zero-order valence-corrected chi connectivity index (χ0v) is 18.8. The van der Waals surface area contributed by atoms with E-state index in [1.807, 2.05) is 12.1 Å². The standard InChI is InChI=1S/C24H27FN2O4S/c1-2-31-24(30)19-11-13-27(14-12-19)23(29)18-5-3-17(4-6-18)15-32-16-22(28)26-21-9-7-20(25)8-10-21/h3-10,19H,2,11-16H2,1H3,(H,26,28). The van der Waals surface area contributed by atoms with Crippen molar-refractivity contribution in [3.8, 4) is 0 Å². The summed E-state index contributed by atoms with van der Waals surface area (Å²) in [6.45, 7) is 3.26. The zero-order valence-electron chi connectivity index (χ0n) is 18.0. The summed E-state index contributed by atoms with van der Waals surface area (Å²) in [5.74, 6) is 0.0701. The Hall–Kier alpha value is -2.87. The van der Waals surface area contributed by atoms with Crippen LogP contribution in [0.25, 0.3) is 0 Å². The van der Waals surface area contributed by atoms with Gasteiger partial charge in [-0.1, -0.05) is 12.1 Å². The van der Waals surface area contributed by atoms with Gasteiger partial charge in [0, 0.05) is 30.1 Å². The molecule has 1 aliphatic rings. The van der Waals surface area contributed by atoms with Gasteiger partial charge in [-0.3, -0.25) is 14.4 Å². The van der Waals surface area contributed by atoms with E-state index in [1.165, 1.54) is 36.0 Å². The predicted octanol–water partition coefficient (Wildman–Crippen LogP) is 4.11. The van der Waals surface area contributed by atoms with E-state index in [9.17, 15) is 18.8 Å². The van der Waals surface area contributed by atoms with Gasteiger partial charge in [-0.15, -0.1) is 11.8 Å². The smallest absolute Gasteiger partial charge is 0.309 e. The highest BCUT2D eigenvalue weighted by molar-refractivity contribution is 7.99. The number of hydrogen-bond donors (Lipinski definition) is 1. The molecule has 0 atom stereocenters. The molecule has 2 aromatic carbocycles. The average Bonchev–Trinajstić information content (AvgIpc) is 2.81. The number of ether oxygens (including phenoxy) is 1. The Morgan fingerprint density at radius 2 is 1.72 bits per heavy atom.